The van der Waals surface area contributed by atoms with E-state index < -0.39 is 0 Å². The van der Waals surface area contributed by atoms with Crippen LogP contribution >= 0.6 is 11.8 Å². The van der Waals surface area contributed by atoms with Crippen LogP contribution in [0.5, 0.6) is 0 Å². The average Bonchev–Trinajstić information content (AvgIpc) is 3.17. The molecule has 1 aliphatic heterocycles. The Hall–Kier alpha value is -2.64. The first-order valence-corrected chi connectivity index (χ1v) is 10.8. The number of thioether (sulfide) groups is 1. The number of amides is 1. The predicted molar refractivity (Wildman–Crippen MR) is 116 cm³/mol. The van der Waals surface area contributed by atoms with Crippen LogP contribution in [-0.4, -0.2) is 69.5 Å². The summed E-state index contributed by atoms with van der Waals surface area (Å²) in [4.78, 5) is 16.9. The van der Waals surface area contributed by atoms with Gasteiger partial charge in [-0.3, -0.25) is 9.36 Å². The number of carbonyl (C=O) groups is 1. The van der Waals surface area contributed by atoms with Gasteiger partial charge >= 0.3 is 0 Å². The number of nitrogens with zero attached hydrogens (tertiary/aromatic N) is 5. The summed E-state index contributed by atoms with van der Waals surface area (Å²) >= 11 is 1.45. The fraction of sp³-hybridized carbons (Fsp3) is 0.318. The lowest BCUT2D eigenvalue weighted by Crippen LogP contribution is -2.47. The molecule has 0 N–H and O–H groups in total. The van der Waals surface area contributed by atoms with Crippen molar-refractivity contribution in [2.75, 3.05) is 39.0 Å². The fourth-order valence-electron chi connectivity index (χ4n) is 3.41. The maximum absolute atomic E-state index is 12.7. The van der Waals surface area contributed by atoms with Crippen molar-refractivity contribution in [2.45, 2.75) is 12.1 Å². The highest BCUT2D eigenvalue weighted by molar-refractivity contribution is 7.99. The number of aryl methyl sites for hydroxylation is 1. The summed E-state index contributed by atoms with van der Waals surface area (Å²) in [5.74, 6) is 1.30. The molecule has 1 aromatic heterocycles. The molecule has 0 spiro atoms. The number of piperazine rings is 1. The topological polar surface area (TPSA) is 54.3 Å². The second-order valence-corrected chi connectivity index (χ2v) is 8.26. The van der Waals surface area contributed by atoms with Gasteiger partial charge in [-0.1, -0.05) is 54.2 Å². The quantitative estimate of drug-likeness (QED) is 0.609. The van der Waals surface area contributed by atoms with Gasteiger partial charge in [-0.05, 0) is 31.7 Å². The molecular formula is C22H25N5OS. The van der Waals surface area contributed by atoms with Crippen LogP contribution in [0, 0.1) is 6.92 Å². The minimum Gasteiger partial charge on any atom is -0.339 e. The van der Waals surface area contributed by atoms with Gasteiger partial charge in [0.15, 0.2) is 11.0 Å². The first kappa shape index (κ1) is 19.7. The lowest BCUT2D eigenvalue weighted by Gasteiger charge is -2.32. The molecule has 6 nitrogen and oxygen atoms in total. The van der Waals surface area contributed by atoms with Crippen LogP contribution in [0.3, 0.4) is 0 Å². The molecule has 0 aliphatic carbocycles. The number of hydrogen-bond acceptors (Lipinski definition) is 5. The summed E-state index contributed by atoms with van der Waals surface area (Å²) in [6.45, 7) is 5.49. The summed E-state index contributed by atoms with van der Waals surface area (Å²) < 4.78 is 2.05. The first-order valence-electron chi connectivity index (χ1n) is 9.79. The molecule has 2 heterocycles. The van der Waals surface area contributed by atoms with Crippen LogP contribution in [-0.2, 0) is 4.79 Å². The lowest BCUT2D eigenvalue weighted by atomic mass is 10.2. The zero-order chi connectivity index (χ0) is 20.2. The molecule has 7 heteroatoms. The van der Waals surface area contributed by atoms with Crippen LogP contribution < -0.4 is 0 Å². The van der Waals surface area contributed by atoms with Crippen molar-refractivity contribution in [1.29, 1.82) is 0 Å². The number of benzene rings is 2. The van der Waals surface area contributed by atoms with E-state index in [-0.39, 0.29) is 5.91 Å². The van der Waals surface area contributed by atoms with Crippen molar-refractivity contribution in [2.24, 2.45) is 0 Å². The molecule has 1 aliphatic rings. The van der Waals surface area contributed by atoms with E-state index in [1.165, 1.54) is 17.3 Å². The third kappa shape index (κ3) is 4.52. The van der Waals surface area contributed by atoms with Gasteiger partial charge in [0.2, 0.25) is 5.91 Å². The van der Waals surface area contributed by atoms with Gasteiger partial charge in [0.25, 0.3) is 0 Å². The van der Waals surface area contributed by atoms with E-state index in [1.54, 1.807) is 0 Å². The standard InChI is InChI=1S/C22H25N5OS/c1-17-7-6-10-19(15-17)27-21(18-8-4-3-5-9-18)23-24-22(27)29-16-20(28)26-13-11-25(2)12-14-26/h3-10,15H,11-14,16H2,1-2H3. The van der Waals surface area contributed by atoms with Gasteiger partial charge in [0.05, 0.1) is 5.75 Å². The number of likely N-dealkylation sites (N-methyl/N-ethyl adjacent to an activating group) is 1. The highest BCUT2D eigenvalue weighted by Crippen LogP contribution is 2.28. The van der Waals surface area contributed by atoms with Gasteiger partial charge in [-0.15, -0.1) is 10.2 Å². The molecule has 150 valence electrons. The fourth-order valence-corrected chi connectivity index (χ4v) is 4.27. The SMILES string of the molecule is Cc1cccc(-n2c(SCC(=O)N3CCN(C)CC3)nnc2-c2ccccc2)c1. The zero-order valence-electron chi connectivity index (χ0n) is 16.8. The minimum atomic E-state index is 0.156. The Bertz CT molecular complexity index is 980. The van der Waals surface area contributed by atoms with E-state index in [9.17, 15) is 4.79 Å². The van der Waals surface area contributed by atoms with Gasteiger partial charge in [0, 0.05) is 37.4 Å². The van der Waals surface area contributed by atoms with E-state index in [2.05, 4.69) is 47.3 Å². The van der Waals surface area contributed by atoms with Gasteiger partial charge in [-0.25, -0.2) is 0 Å². The van der Waals surface area contributed by atoms with Crippen LogP contribution in [0.25, 0.3) is 17.1 Å². The Balaban J connectivity index is 1.60. The van der Waals surface area contributed by atoms with Gasteiger partial charge in [0.1, 0.15) is 0 Å². The monoisotopic (exact) mass is 407 g/mol. The summed E-state index contributed by atoms with van der Waals surface area (Å²) in [5.41, 5.74) is 3.17. The lowest BCUT2D eigenvalue weighted by molar-refractivity contribution is -0.129. The van der Waals surface area contributed by atoms with E-state index >= 15 is 0 Å². The molecule has 3 aromatic rings. The summed E-state index contributed by atoms with van der Waals surface area (Å²) in [5, 5.41) is 9.61. The normalized spacial score (nSPS) is 14.9. The van der Waals surface area contributed by atoms with Crippen LogP contribution in [0.15, 0.2) is 59.8 Å². The molecule has 0 saturated carbocycles. The van der Waals surface area contributed by atoms with E-state index in [1.807, 2.05) is 45.9 Å². The van der Waals surface area contributed by atoms with Gasteiger partial charge < -0.3 is 9.80 Å². The Morgan fingerprint density at radius 3 is 2.48 bits per heavy atom. The molecule has 4 rings (SSSR count). The maximum atomic E-state index is 12.7. The summed E-state index contributed by atoms with van der Waals surface area (Å²) in [6.07, 6.45) is 0. The zero-order valence-corrected chi connectivity index (χ0v) is 17.6. The largest absolute Gasteiger partial charge is 0.339 e. The molecule has 1 saturated heterocycles. The van der Waals surface area contributed by atoms with Crippen molar-refractivity contribution in [3.8, 4) is 17.1 Å². The molecule has 0 radical (unpaired) electrons. The van der Waals surface area contributed by atoms with Crippen molar-refractivity contribution in [1.82, 2.24) is 24.6 Å². The predicted octanol–water partition coefficient (Wildman–Crippen LogP) is 3.11. The molecule has 0 atom stereocenters. The molecule has 1 fully saturated rings. The molecular weight excluding hydrogens is 382 g/mol. The van der Waals surface area contributed by atoms with Crippen molar-refractivity contribution in [3.63, 3.8) is 0 Å². The molecule has 0 unspecified atom stereocenters. The van der Waals surface area contributed by atoms with Crippen LogP contribution in [0.4, 0.5) is 0 Å². The summed E-state index contributed by atoms with van der Waals surface area (Å²) in [7, 11) is 2.09. The Kier molecular flexibility index (Phi) is 5.97. The number of carbonyl (C=O) groups excluding carboxylic acids is 1. The molecule has 2 aromatic carbocycles. The smallest absolute Gasteiger partial charge is 0.233 e. The maximum Gasteiger partial charge on any atom is 0.233 e. The third-order valence-electron chi connectivity index (χ3n) is 5.11. The second kappa shape index (κ2) is 8.80. The van der Waals surface area contributed by atoms with Crippen molar-refractivity contribution < 1.29 is 4.79 Å². The van der Waals surface area contributed by atoms with Crippen molar-refractivity contribution >= 4 is 17.7 Å². The minimum absolute atomic E-state index is 0.156. The molecule has 29 heavy (non-hydrogen) atoms. The molecule has 0 bridgehead atoms. The Morgan fingerprint density at radius 2 is 1.76 bits per heavy atom. The summed E-state index contributed by atoms with van der Waals surface area (Å²) in [6, 6.07) is 18.3. The first-order chi connectivity index (χ1) is 14.1. The number of rotatable bonds is 5. The van der Waals surface area contributed by atoms with Gasteiger partial charge in [-0.2, -0.15) is 0 Å². The van der Waals surface area contributed by atoms with E-state index in [0.29, 0.717) is 5.75 Å². The number of aromatic nitrogens is 3. The number of hydrogen-bond donors (Lipinski definition) is 0. The Morgan fingerprint density at radius 1 is 1.00 bits per heavy atom. The third-order valence-corrected chi connectivity index (χ3v) is 6.02. The van der Waals surface area contributed by atoms with E-state index in [4.69, 9.17) is 0 Å². The van der Waals surface area contributed by atoms with Crippen molar-refractivity contribution in [3.05, 3.63) is 60.2 Å². The Labute approximate surface area is 175 Å². The highest BCUT2D eigenvalue weighted by Gasteiger charge is 2.21. The highest BCUT2D eigenvalue weighted by atomic mass is 32.2. The van der Waals surface area contributed by atoms with Crippen LogP contribution in [0.2, 0.25) is 0 Å². The second-order valence-electron chi connectivity index (χ2n) is 7.32. The van der Waals surface area contributed by atoms with E-state index in [0.717, 1.165) is 48.4 Å². The molecule has 1 amide bonds. The average molecular weight is 408 g/mol. The van der Waals surface area contributed by atoms with Crippen LogP contribution in [0.1, 0.15) is 5.56 Å².